The number of imide groups is 1. The fraction of sp³-hybridized carbons (Fsp3) is 0.550. The van der Waals surface area contributed by atoms with Gasteiger partial charge in [-0.1, -0.05) is 37.5 Å². The molecule has 8 nitrogen and oxygen atoms in total. The van der Waals surface area contributed by atoms with Gasteiger partial charge in [0.25, 0.3) is 11.8 Å². The van der Waals surface area contributed by atoms with Gasteiger partial charge in [-0.2, -0.15) is 5.01 Å². The number of amides is 4. The number of carbonyl (C=O) groups excluding carboxylic acids is 3. The molecule has 2 aliphatic rings. The molecule has 8 heteroatoms. The number of nitrogens with one attached hydrogen (secondary N) is 2. The molecule has 4 amide bonds. The van der Waals surface area contributed by atoms with Crippen molar-refractivity contribution in [2.24, 2.45) is 0 Å². The van der Waals surface area contributed by atoms with Gasteiger partial charge < -0.3 is 10.1 Å². The van der Waals surface area contributed by atoms with Gasteiger partial charge in [0.15, 0.2) is 0 Å². The number of likely N-dealkylation sites (N-methyl/N-ethyl adjacent to an activating group) is 1. The number of methoxy groups -OCH3 is 1. The predicted molar refractivity (Wildman–Crippen MR) is 103 cm³/mol. The van der Waals surface area contributed by atoms with Crippen molar-refractivity contribution < 1.29 is 19.1 Å². The van der Waals surface area contributed by atoms with Crippen LogP contribution < -0.4 is 15.5 Å². The topological polar surface area (TPSA) is 91.0 Å². The molecule has 1 aliphatic heterocycles. The van der Waals surface area contributed by atoms with Gasteiger partial charge >= 0.3 is 6.03 Å². The monoisotopic (exact) mass is 388 g/mol. The Morgan fingerprint density at radius 2 is 1.96 bits per heavy atom. The largest absolute Gasteiger partial charge is 0.496 e. The molecule has 1 saturated carbocycles. The molecule has 1 aromatic rings. The number of ether oxygens (including phenoxy) is 1. The molecule has 28 heavy (non-hydrogen) atoms. The van der Waals surface area contributed by atoms with E-state index in [9.17, 15) is 14.4 Å². The fourth-order valence-corrected chi connectivity index (χ4v) is 3.99. The van der Waals surface area contributed by atoms with Crippen molar-refractivity contribution in [2.75, 3.05) is 20.7 Å². The summed E-state index contributed by atoms with van der Waals surface area (Å²) in [7, 11) is 3.42. The molecule has 1 unspecified atom stereocenters. The zero-order chi connectivity index (χ0) is 20.3. The number of urea groups is 1. The first-order chi connectivity index (χ1) is 13.4. The van der Waals surface area contributed by atoms with Gasteiger partial charge in [-0.25, -0.2) is 4.79 Å². The van der Waals surface area contributed by atoms with Crippen LogP contribution in [0, 0.1) is 0 Å². The van der Waals surface area contributed by atoms with Crippen LogP contribution in [0.4, 0.5) is 4.79 Å². The van der Waals surface area contributed by atoms with Crippen molar-refractivity contribution in [1.82, 2.24) is 20.7 Å². The molecule has 152 valence electrons. The van der Waals surface area contributed by atoms with Gasteiger partial charge in [0, 0.05) is 11.6 Å². The molecule has 1 aliphatic carbocycles. The maximum atomic E-state index is 12.8. The molecular weight excluding hydrogens is 360 g/mol. The maximum Gasteiger partial charge on any atom is 0.344 e. The number of nitrogens with zero attached hydrogens (tertiary/aromatic N) is 2. The van der Waals surface area contributed by atoms with Crippen molar-refractivity contribution >= 4 is 17.8 Å². The number of hydrogen-bond donors (Lipinski definition) is 2. The summed E-state index contributed by atoms with van der Waals surface area (Å²) in [6.45, 7) is 2.00. The summed E-state index contributed by atoms with van der Waals surface area (Å²) in [6, 6.07) is 6.98. The van der Waals surface area contributed by atoms with Crippen LogP contribution in [0.2, 0.25) is 0 Å². The second-order valence-corrected chi connectivity index (χ2v) is 7.58. The highest BCUT2D eigenvalue weighted by Crippen LogP contribution is 2.33. The molecule has 2 fully saturated rings. The van der Waals surface area contributed by atoms with E-state index in [-0.39, 0.29) is 18.5 Å². The van der Waals surface area contributed by atoms with E-state index in [4.69, 9.17) is 4.74 Å². The van der Waals surface area contributed by atoms with E-state index in [0.717, 1.165) is 35.6 Å². The molecule has 0 aromatic heterocycles. The second kappa shape index (κ2) is 8.18. The predicted octanol–water partition coefficient (Wildman–Crippen LogP) is 1.97. The van der Waals surface area contributed by atoms with Crippen LogP contribution in [0.25, 0.3) is 0 Å². The van der Waals surface area contributed by atoms with Crippen LogP contribution in [-0.4, -0.2) is 54.0 Å². The summed E-state index contributed by atoms with van der Waals surface area (Å²) < 4.78 is 5.39. The summed E-state index contributed by atoms with van der Waals surface area (Å²) in [5.74, 6) is -0.0258. The Hall–Kier alpha value is -2.61. The molecule has 2 N–H and O–H groups in total. The average Bonchev–Trinajstić information content (AvgIpc) is 2.91. The Kier molecular flexibility index (Phi) is 5.88. The number of benzene rings is 1. The minimum Gasteiger partial charge on any atom is -0.496 e. The SMILES string of the molecule is COc1ccccc1C(C)N(C)CC(=O)NN1C(=O)NC2(CCCCC2)C1=O. The van der Waals surface area contributed by atoms with Crippen LogP contribution in [0.1, 0.15) is 50.6 Å². The van der Waals surface area contributed by atoms with Gasteiger partial charge in [-0.05, 0) is 32.9 Å². The molecular formula is C20H28N4O4. The van der Waals surface area contributed by atoms with Crippen LogP contribution in [0.5, 0.6) is 5.75 Å². The van der Waals surface area contributed by atoms with Crippen LogP contribution in [0.3, 0.4) is 0 Å². The Balaban J connectivity index is 1.62. The molecule has 1 spiro atoms. The van der Waals surface area contributed by atoms with Gasteiger partial charge in [-0.15, -0.1) is 0 Å². The first-order valence-electron chi connectivity index (χ1n) is 9.67. The minimum absolute atomic E-state index is 0.0310. The van der Waals surface area contributed by atoms with Gasteiger partial charge in [0.2, 0.25) is 0 Å². The fourth-order valence-electron chi connectivity index (χ4n) is 3.99. The zero-order valence-corrected chi connectivity index (χ0v) is 16.7. The van der Waals surface area contributed by atoms with Gasteiger partial charge in [-0.3, -0.25) is 19.9 Å². The first kappa shape index (κ1) is 20.1. The Bertz CT molecular complexity index is 760. The lowest BCUT2D eigenvalue weighted by Crippen LogP contribution is -2.52. The second-order valence-electron chi connectivity index (χ2n) is 7.58. The Morgan fingerprint density at radius 3 is 2.64 bits per heavy atom. The summed E-state index contributed by atoms with van der Waals surface area (Å²) in [4.78, 5) is 39.4. The number of hydrazine groups is 1. The van der Waals surface area contributed by atoms with E-state index < -0.39 is 17.5 Å². The Labute approximate surface area is 165 Å². The van der Waals surface area contributed by atoms with E-state index in [2.05, 4.69) is 10.7 Å². The summed E-state index contributed by atoms with van der Waals surface area (Å²) >= 11 is 0. The van der Waals surface area contributed by atoms with Gasteiger partial charge in [0.05, 0.1) is 13.7 Å². The molecule has 1 saturated heterocycles. The lowest BCUT2D eigenvalue weighted by Gasteiger charge is -2.30. The standard InChI is InChI=1S/C20H28N4O4/c1-14(15-9-5-6-10-16(15)28-3)23(2)13-17(25)22-24-18(26)20(21-19(24)27)11-7-4-8-12-20/h5-6,9-10,14H,4,7-8,11-13H2,1-3H3,(H,21,27)(H,22,25). The highest BCUT2D eigenvalue weighted by atomic mass is 16.5. The summed E-state index contributed by atoms with van der Waals surface area (Å²) in [5.41, 5.74) is 2.58. The lowest BCUT2D eigenvalue weighted by molar-refractivity contribution is -0.140. The number of hydrogen-bond acceptors (Lipinski definition) is 5. The van der Waals surface area contributed by atoms with Crippen molar-refractivity contribution in [2.45, 2.75) is 50.6 Å². The number of carbonyl (C=O) groups is 3. The molecule has 0 bridgehead atoms. The molecule has 1 heterocycles. The number of para-hydroxylation sites is 1. The van der Waals surface area contributed by atoms with E-state index in [1.165, 1.54) is 0 Å². The van der Waals surface area contributed by atoms with E-state index in [1.807, 2.05) is 43.1 Å². The first-order valence-corrected chi connectivity index (χ1v) is 9.67. The third-order valence-corrected chi connectivity index (χ3v) is 5.75. The van der Waals surface area contributed by atoms with E-state index in [0.29, 0.717) is 12.8 Å². The Morgan fingerprint density at radius 1 is 1.29 bits per heavy atom. The third-order valence-electron chi connectivity index (χ3n) is 5.75. The average molecular weight is 388 g/mol. The van der Waals surface area contributed by atoms with Gasteiger partial charge in [0.1, 0.15) is 11.3 Å². The number of rotatable bonds is 6. The molecule has 1 aromatic carbocycles. The van der Waals surface area contributed by atoms with Crippen LogP contribution in [-0.2, 0) is 9.59 Å². The van der Waals surface area contributed by atoms with E-state index >= 15 is 0 Å². The maximum absolute atomic E-state index is 12.8. The molecule has 3 rings (SSSR count). The highest BCUT2D eigenvalue weighted by molar-refractivity contribution is 6.08. The summed E-state index contributed by atoms with van der Waals surface area (Å²) in [5, 5.41) is 3.63. The van der Waals surface area contributed by atoms with Crippen LogP contribution in [0.15, 0.2) is 24.3 Å². The molecule has 0 radical (unpaired) electrons. The van der Waals surface area contributed by atoms with Crippen molar-refractivity contribution in [1.29, 1.82) is 0 Å². The summed E-state index contributed by atoms with van der Waals surface area (Å²) in [6.07, 6.45) is 4.09. The smallest absolute Gasteiger partial charge is 0.344 e. The van der Waals surface area contributed by atoms with Crippen molar-refractivity contribution in [3.63, 3.8) is 0 Å². The molecule has 1 atom stereocenters. The quantitative estimate of drug-likeness (QED) is 0.727. The zero-order valence-electron chi connectivity index (χ0n) is 16.7. The highest BCUT2D eigenvalue weighted by Gasteiger charge is 2.52. The normalized spacial score (nSPS) is 19.6. The van der Waals surface area contributed by atoms with E-state index in [1.54, 1.807) is 7.11 Å². The van der Waals surface area contributed by atoms with Crippen molar-refractivity contribution in [3.8, 4) is 5.75 Å². The minimum atomic E-state index is -0.848. The third kappa shape index (κ3) is 3.82. The lowest BCUT2D eigenvalue weighted by atomic mass is 9.82. The van der Waals surface area contributed by atoms with Crippen molar-refractivity contribution in [3.05, 3.63) is 29.8 Å². The van der Waals surface area contributed by atoms with Crippen LogP contribution >= 0.6 is 0 Å².